The molecule has 0 aliphatic carbocycles. The second-order valence-corrected chi connectivity index (χ2v) is 31.3. The van der Waals surface area contributed by atoms with Crippen LogP contribution >= 0.6 is 0 Å². The number of fused-ring (bicyclic) bond motifs is 5. The summed E-state index contributed by atoms with van der Waals surface area (Å²) in [5, 5.41) is 4.35. The van der Waals surface area contributed by atoms with Crippen LogP contribution in [0.25, 0.3) is 83.3 Å². The molecule has 10 rings (SSSR count). The number of aromatic nitrogens is 6. The van der Waals surface area contributed by atoms with E-state index in [1.54, 1.807) is 0 Å². The Balaban J connectivity index is 0.000000251. The number of benzene rings is 4. The normalized spacial score (nSPS) is 12.0. The fourth-order valence-electron chi connectivity index (χ4n) is 8.97. The van der Waals surface area contributed by atoms with E-state index in [1.165, 1.54) is 43.0 Å². The van der Waals surface area contributed by atoms with Crippen molar-refractivity contribution in [3.05, 3.63) is 162 Å². The molecular weight excluding hydrogens is 1070 g/mol. The Morgan fingerprint density at radius 1 is 0.721 bits per heavy atom. The average molecular weight is 1130 g/mol. The van der Waals surface area contributed by atoms with Gasteiger partial charge in [0.25, 0.3) is 0 Å². The van der Waals surface area contributed by atoms with E-state index >= 15 is 0 Å². The molecule has 7 nitrogen and oxygen atoms in total. The Kier molecular flexibility index (Phi) is 13.6. The molecule has 0 fully saturated rings. The molecule has 0 spiro atoms. The van der Waals surface area contributed by atoms with E-state index in [0.717, 1.165) is 61.7 Å². The van der Waals surface area contributed by atoms with Crippen molar-refractivity contribution in [1.29, 1.82) is 0 Å². The van der Waals surface area contributed by atoms with Crippen molar-refractivity contribution in [1.82, 2.24) is 29.5 Å². The Labute approximate surface area is 417 Å². The summed E-state index contributed by atoms with van der Waals surface area (Å²) in [7, 11) is 0. The van der Waals surface area contributed by atoms with Crippen LogP contribution in [0.15, 0.2) is 120 Å². The van der Waals surface area contributed by atoms with Gasteiger partial charge >= 0.3 is 126 Å². The average Bonchev–Trinajstić information content (AvgIpc) is 3.88. The fraction of sp³-hybridized carbons (Fsp3) is 0.271. The van der Waals surface area contributed by atoms with Gasteiger partial charge in [0.2, 0.25) is 5.71 Å². The standard InChI is InChI=1S/C41H36N5O.C18H24GeN.Ir/c1-22(2)32-19-30(29-14-13-27-10-8-9-11-28(27)18-29)20-33(23(3)4)38(32)46-37-26(7)42-17-16-35(37)45-40(46)34-21-43-25(6)36-31-15-12-24(5)44-41(31)47-39(34)36;1-18(2,3)15-9-7-14(8-10-15)17-12-11-16(13-20-17)19(4,5)6;/h8-20,22-23H,1-7H3;7,9-13H,1-6H3;/q2*-1;. The number of hydrogen-bond donors (Lipinski definition) is 0. The summed E-state index contributed by atoms with van der Waals surface area (Å²) in [5.41, 5.74) is 16.1. The Bertz CT molecular complexity index is 3380. The zero-order valence-corrected chi connectivity index (χ0v) is 46.0. The van der Waals surface area contributed by atoms with Crippen LogP contribution < -0.4 is 4.40 Å². The van der Waals surface area contributed by atoms with Crippen molar-refractivity contribution in [2.45, 2.75) is 104 Å². The van der Waals surface area contributed by atoms with Crippen LogP contribution in [0.2, 0.25) is 17.3 Å². The number of furan rings is 1. The molecule has 0 saturated carbocycles. The van der Waals surface area contributed by atoms with Gasteiger partial charge in [-0.15, -0.1) is 0 Å². The number of pyridine rings is 4. The molecule has 10 aromatic rings. The maximum Gasteiger partial charge on any atom is 0.216 e. The van der Waals surface area contributed by atoms with E-state index in [1.807, 2.05) is 32.2 Å². The smallest absolute Gasteiger partial charge is 0.216 e. The monoisotopic (exact) mass is 1140 g/mol. The SMILES string of the molecule is CC(C)(C)c1c[c-]c(-c2cc[c]([Ge]([CH3])([CH3])[CH3])cn2)cc1.Cc1ccc2c(n1)oc1c(-c3nc4ccnc(C)c4n3-c3c(C(C)C)cc(-c4ccc5ccccc5c4)cc3C(C)C)[c-]nc(C)c12.[Ir]. The molecular formula is C59H60GeIrN6O-2. The summed E-state index contributed by atoms with van der Waals surface area (Å²) < 4.78 is 10.3. The first-order chi connectivity index (χ1) is 31.9. The second-order valence-electron chi connectivity index (χ2n) is 20.6. The number of rotatable bonds is 7. The van der Waals surface area contributed by atoms with Gasteiger partial charge in [-0.3, -0.25) is 9.97 Å². The fourth-order valence-corrected chi connectivity index (χ4v) is 11.1. The van der Waals surface area contributed by atoms with Crippen molar-refractivity contribution < 1.29 is 24.5 Å². The van der Waals surface area contributed by atoms with E-state index in [-0.39, 0.29) is 37.4 Å². The third-order valence-corrected chi connectivity index (χ3v) is 17.1. The first-order valence-electron chi connectivity index (χ1n) is 23.5. The maximum absolute atomic E-state index is 6.53. The molecule has 4 aromatic carbocycles. The van der Waals surface area contributed by atoms with Gasteiger partial charge in [-0.1, -0.05) is 71.0 Å². The van der Waals surface area contributed by atoms with Crippen LogP contribution in [0.4, 0.5) is 0 Å². The van der Waals surface area contributed by atoms with E-state index in [2.05, 4.69) is 192 Å². The van der Waals surface area contributed by atoms with Crippen molar-refractivity contribution >= 4 is 61.5 Å². The number of imidazole rings is 1. The largest absolute Gasteiger partial charge is 0.486 e. The van der Waals surface area contributed by atoms with Crippen molar-refractivity contribution in [3.63, 3.8) is 0 Å². The first kappa shape index (κ1) is 48.7. The topological polar surface area (TPSA) is 82.5 Å². The molecule has 0 N–H and O–H groups in total. The molecule has 0 aliphatic heterocycles. The Hall–Kier alpha value is -5.80. The molecule has 6 aromatic heterocycles. The van der Waals surface area contributed by atoms with Crippen LogP contribution in [0.5, 0.6) is 0 Å². The Morgan fingerprint density at radius 3 is 2.07 bits per heavy atom. The summed E-state index contributed by atoms with van der Waals surface area (Å²) >= 11 is -1.76. The van der Waals surface area contributed by atoms with Gasteiger partial charge in [0, 0.05) is 43.1 Å². The molecule has 0 unspecified atom stereocenters. The summed E-state index contributed by atoms with van der Waals surface area (Å²) in [6, 6.07) is 40.2. The van der Waals surface area contributed by atoms with Crippen LogP contribution in [0.3, 0.4) is 0 Å². The van der Waals surface area contributed by atoms with Gasteiger partial charge in [-0.25, -0.2) is 4.98 Å². The molecule has 0 saturated heterocycles. The maximum atomic E-state index is 6.53. The van der Waals surface area contributed by atoms with Crippen molar-refractivity contribution in [3.8, 4) is 39.5 Å². The van der Waals surface area contributed by atoms with Crippen molar-refractivity contribution in [2.75, 3.05) is 0 Å². The zero-order valence-electron chi connectivity index (χ0n) is 41.5. The number of aryl methyl sites for hydroxylation is 3. The van der Waals surface area contributed by atoms with E-state index in [9.17, 15) is 0 Å². The minimum atomic E-state index is -1.76. The minimum absolute atomic E-state index is 0. The molecule has 6 heterocycles. The van der Waals surface area contributed by atoms with E-state index < -0.39 is 13.3 Å². The molecule has 347 valence electrons. The van der Waals surface area contributed by atoms with Gasteiger partial charge in [0.1, 0.15) is 0 Å². The molecule has 0 amide bonds. The molecule has 0 bridgehead atoms. The van der Waals surface area contributed by atoms with Gasteiger partial charge in [-0.05, 0) is 118 Å². The van der Waals surface area contributed by atoms with Gasteiger partial charge < -0.3 is 14.0 Å². The predicted octanol–water partition coefficient (Wildman–Crippen LogP) is 15.0. The summed E-state index contributed by atoms with van der Waals surface area (Å²) in [5.74, 6) is 8.35. The predicted molar refractivity (Wildman–Crippen MR) is 282 cm³/mol. The van der Waals surface area contributed by atoms with Gasteiger partial charge in [0.05, 0.1) is 28.1 Å². The molecule has 0 aliphatic rings. The van der Waals surface area contributed by atoms with Crippen LogP contribution in [-0.4, -0.2) is 42.8 Å². The van der Waals surface area contributed by atoms with Crippen LogP contribution in [0, 0.1) is 33.0 Å². The van der Waals surface area contributed by atoms with E-state index in [4.69, 9.17) is 24.4 Å². The van der Waals surface area contributed by atoms with Crippen LogP contribution in [-0.2, 0) is 25.5 Å². The quantitative estimate of drug-likeness (QED) is 0.117. The van der Waals surface area contributed by atoms with E-state index in [0.29, 0.717) is 16.9 Å². The van der Waals surface area contributed by atoms with Crippen molar-refractivity contribution in [2.24, 2.45) is 0 Å². The first-order valence-corrected chi connectivity index (χ1v) is 30.8. The number of hydrogen-bond acceptors (Lipinski definition) is 6. The molecule has 1 radical (unpaired) electrons. The summed E-state index contributed by atoms with van der Waals surface area (Å²) in [6.45, 7) is 21.7. The minimum Gasteiger partial charge on any atom is -0.486 e. The van der Waals surface area contributed by atoms with Gasteiger partial charge in [-0.2, -0.15) is 0 Å². The Morgan fingerprint density at radius 2 is 1.44 bits per heavy atom. The third kappa shape index (κ3) is 9.35. The summed E-state index contributed by atoms with van der Waals surface area (Å²) in [4.78, 5) is 24.1. The summed E-state index contributed by atoms with van der Waals surface area (Å²) in [6.07, 6.45) is 7.22. The molecule has 0 atom stereocenters. The van der Waals surface area contributed by atoms with Crippen LogP contribution in [0.1, 0.15) is 94.1 Å². The molecule has 9 heteroatoms. The third-order valence-electron chi connectivity index (χ3n) is 12.9. The number of nitrogens with zero attached hydrogens (tertiary/aromatic N) is 6. The zero-order chi connectivity index (χ0) is 47.5. The van der Waals surface area contributed by atoms with Gasteiger partial charge in [0.15, 0.2) is 0 Å². The molecule has 68 heavy (non-hydrogen) atoms. The second kappa shape index (κ2) is 18.9.